The van der Waals surface area contributed by atoms with Gasteiger partial charge in [0, 0.05) is 38.5 Å². The van der Waals surface area contributed by atoms with E-state index < -0.39 is 0 Å². The van der Waals surface area contributed by atoms with Crippen molar-refractivity contribution in [3.05, 3.63) is 315 Å². The predicted molar refractivity (Wildman–Crippen MR) is 471 cm³/mol. The maximum Gasteiger partial charge on any atom is 0.134 e. The first kappa shape index (κ1) is 84.1. The number of hydrogen-bond acceptors (Lipinski definition) is 12. The predicted octanol–water partition coefficient (Wildman–Crippen LogP) is 21.9. The van der Waals surface area contributed by atoms with Gasteiger partial charge in [-0.2, -0.15) is 0 Å². The second kappa shape index (κ2) is 33.7. The smallest absolute Gasteiger partial charge is 0.134 e. The number of ether oxygens (including phenoxy) is 6. The van der Waals surface area contributed by atoms with E-state index in [0.29, 0.717) is 75.2 Å². The zero-order chi connectivity index (χ0) is 83.8. The molecule has 1 aliphatic carbocycles. The van der Waals surface area contributed by atoms with Gasteiger partial charge in [0.25, 0.3) is 0 Å². The summed E-state index contributed by atoms with van der Waals surface area (Å²) >= 11 is 0. The van der Waals surface area contributed by atoms with Gasteiger partial charge in [0.05, 0.1) is 59.6 Å². The van der Waals surface area contributed by atoms with Gasteiger partial charge in [0.15, 0.2) is 0 Å². The average molecular weight is 1570 g/mol. The fourth-order valence-corrected chi connectivity index (χ4v) is 15.8. The molecule has 9 aromatic carbocycles. The highest BCUT2D eigenvalue weighted by Crippen LogP contribution is 2.47. The van der Waals surface area contributed by atoms with Crippen LogP contribution < -0.4 is 28.4 Å². The molecule has 15 nitrogen and oxygen atoms in total. The van der Waals surface area contributed by atoms with Crippen molar-refractivity contribution in [3.8, 4) is 34.5 Å². The Bertz CT molecular complexity index is 4850. The number of hydrogen-bond donors (Lipinski definition) is 0. The summed E-state index contributed by atoms with van der Waals surface area (Å²) in [6.45, 7) is 50.0. The molecule has 0 radical (unpaired) electrons. The summed E-state index contributed by atoms with van der Waals surface area (Å²) in [4.78, 5) is 0. The van der Waals surface area contributed by atoms with Gasteiger partial charge in [-0.25, -0.2) is 14.0 Å². The molecule has 15 heteroatoms. The van der Waals surface area contributed by atoms with Crippen molar-refractivity contribution < 1.29 is 28.4 Å². The van der Waals surface area contributed by atoms with Crippen LogP contribution in [0.3, 0.4) is 0 Å². The lowest BCUT2D eigenvalue weighted by Crippen LogP contribution is -2.17. The van der Waals surface area contributed by atoms with Gasteiger partial charge in [-0.1, -0.05) is 303 Å². The van der Waals surface area contributed by atoms with Crippen molar-refractivity contribution >= 4 is 0 Å². The van der Waals surface area contributed by atoms with Gasteiger partial charge < -0.3 is 28.4 Å². The summed E-state index contributed by atoms with van der Waals surface area (Å²) in [7, 11) is 5.47. The SMILES string of the molecule is COc1c2cc(C(C)(C)C)cc1Cc1cc(C(C)(C)C)cc(c1OCc1cn(Cc3ccc(C)cc3)nn1)Cc1cc(C(C)(C)C)cc(c1OC)Cc1cc(C(C)(C)C)cc(c1OCc1cn(Cc3ccc(C)cc3)nn1)Cc1cc(C(C)(C)C)cc(c1OC)Cc1cc(C(C)(C)C)cc(c1OCc1cn(Cc3ccc(C)cc3)nn1)C2. The Kier molecular flexibility index (Phi) is 24.2. The molecule has 0 saturated carbocycles. The van der Waals surface area contributed by atoms with Crippen LogP contribution in [-0.2, 0) is 110 Å². The molecule has 0 unspecified atom stereocenters. The van der Waals surface area contributed by atoms with Crippen LogP contribution in [0.2, 0.25) is 0 Å². The maximum atomic E-state index is 7.52. The van der Waals surface area contributed by atoms with Gasteiger partial charge in [-0.15, -0.1) is 15.3 Å². The molecule has 12 bridgehead atoms. The number of rotatable bonds is 18. The van der Waals surface area contributed by atoms with Crippen LogP contribution in [0.1, 0.15) is 275 Å². The van der Waals surface area contributed by atoms with Crippen LogP contribution in [0.4, 0.5) is 0 Å². The zero-order valence-corrected chi connectivity index (χ0v) is 74.0. The number of fused-ring (bicyclic) bond motifs is 12. The number of aryl methyl sites for hydroxylation is 3. The number of nitrogens with zero attached hydrogens (tertiary/aromatic N) is 9. The van der Waals surface area contributed by atoms with Gasteiger partial charge in [-0.05, 0) is 170 Å². The van der Waals surface area contributed by atoms with E-state index in [-0.39, 0.29) is 52.3 Å². The monoisotopic (exact) mass is 1570 g/mol. The molecule has 0 aliphatic heterocycles. The van der Waals surface area contributed by atoms with Gasteiger partial charge in [-0.3, -0.25) is 0 Å². The van der Waals surface area contributed by atoms with Gasteiger partial charge in [0.1, 0.15) is 71.4 Å². The summed E-state index contributed by atoms with van der Waals surface area (Å²) in [5, 5.41) is 28.4. The van der Waals surface area contributed by atoms with E-state index in [1.54, 1.807) is 0 Å². The Hall–Kier alpha value is -10.8. The molecule has 0 saturated heterocycles. The molecule has 13 rings (SSSR count). The van der Waals surface area contributed by atoms with E-state index in [4.69, 9.17) is 43.7 Å². The van der Waals surface area contributed by atoms with Crippen LogP contribution in [-0.4, -0.2) is 66.3 Å². The summed E-state index contributed by atoms with van der Waals surface area (Å²) in [6.07, 6.45) is 8.84. The van der Waals surface area contributed by atoms with Gasteiger partial charge in [0.2, 0.25) is 0 Å². The molecule has 0 fully saturated rings. The third-order valence-electron chi connectivity index (χ3n) is 22.8. The van der Waals surface area contributed by atoms with E-state index in [1.807, 2.05) is 54.0 Å². The van der Waals surface area contributed by atoms with Crippen molar-refractivity contribution in [2.45, 2.75) is 256 Å². The Morgan fingerprint density at radius 2 is 0.427 bits per heavy atom. The van der Waals surface area contributed by atoms with E-state index in [9.17, 15) is 0 Å². The minimum atomic E-state index is -0.296. The molecule has 12 aromatic rings. The van der Waals surface area contributed by atoms with Crippen molar-refractivity contribution in [3.63, 3.8) is 0 Å². The lowest BCUT2D eigenvalue weighted by atomic mass is 9.79. The Balaban J connectivity index is 1.08. The van der Waals surface area contributed by atoms with Crippen LogP contribution >= 0.6 is 0 Å². The average Bonchev–Trinajstić information content (AvgIpc) is 1.62. The number of aromatic nitrogens is 9. The standard InChI is InChI=1S/C102H123N9O6/c1-64-25-31-67(32-26-64)55-109-58-88(103-106-109)61-115-94-76-37-70-43-82(97(4,5)6)45-72(91(70)112-22)39-78-51-86(101(16,17)18)53-80(95(78)116-62-89-59-110(107-104-89)56-68-33-27-65(2)28-34-68)41-74-47-84(99(10,11)12)48-75(93(74)114-24)42-81-54-87(102(19,20)21)52-79(96(81)117-63-90-60-111(108-105-90)57-69-35-29-66(3)30-36-69)40-73-46-83(98(7,8)9)44-71(92(73)113-23)38-77(94)50-85(49-76)100(13,14)15/h25-36,43-54,58-60H,37-42,55-57,61-63H2,1-24H3. The lowest BCUT2D eigenvalue weighted by molar-refractivity contribution is 0.295. The fraction of sp³-hybridized carbons (Fsp3) is 0.412. The van der Waals surface area contributed by atoms with E-state index >= 15 is 0 Å². The third-order valence-corrected chi connectivity index (χ3v) is 22.8. The summed E-state index contributed by atoms with van der Waals surface area (Å²) in [5.74, 6) is 4.73. The maximum absolute atomic E-state index is 7.52. The fourth-order valence-electron chi connectivity index (χ4n) is 15.8. The van der Waals surface area contributed by atoms with E-state index in [2.05, 4.69) is 307 Å². The van der Waals surface area contributed by atoms with Crippen LogP contribution in [0.15, 0.2) is 164 Å². The third kappa shape index (κ3) is 20.3. The highest BCUT2D eigenvalue weighted by Gasteiger charge is 2.32. The van der Waals surface area contributed by atoms with Crippen LogP contribution in [0, 0.1) is 20.8 Å². The summed E-state index contributed by atoms with van der Waals surface area (Å²) in [5.41, 5.74) is 26.8. The first-order chi connectivity index (χ1) is 55.2. The molecule has 612 valence electrons. The minimum Gasteiger partial charge on any atom is -0.496 e. The molecule has 0 amide bonds. The molecule has 117 heavy (non-hydrogen) atoms. The molecular formula is C102H123N9O6. The zero-order valence-electron chi connectivity index (χ0n) is 74.0. The van der Waals surface area contributed by atoms with Crippen molar-refractivity contribution in [2.24, 2.45) is 0 Å². The number of benzene rings is 9. The first-order valence-corrected chi connectivity index (χ1v) is 41.5. The Labute approximate surface area is 695 Å². The molecular weight excluding hydrogens is 1450 g/mol. The van der Waals surface area contributed by atoms with Crippen molar-refractivity contribution in [1.29, 1.82) is 0 Å². The molecule has 1 aliphatic rings. The quantitative estimate of drug-likeness (QED) is 0.0805. The summed E-state index contributed by atoms with van der Waals surface area (Å²) in [6, 6.07) is 54.2. The first-order valence-electron chi connectivity index (χ1n) is 41.5. The highest BCUT2D eigenvalue weighted by atomic mass is 16.5. The summed E-state index contributed by atoms with van der Waals surface area (Å²) < 4.78 is 49.1. The molecule has 3 heterocycles. The van der Waals surface area contributed by atoms with Crippen LogP contribution in [0.5, 0.6) is 34.5 Å². The normalized spacial score (nSPS) is 13.1. The lowest BCUT2D eigenvalue weighted by Gasteiger charge is -2.29. The van der Waals surface area contributed by atoms with E-state index in [1.165, 1.54) is 50.1 Å². The second-order valence-corrected chi connectivity index (χ2v) is 39.0. The van der Waals surface area contributed by atoms with Crippen molar-refractivity contribution in [1.82, 2.24) is 45.0 Å². The largest absolute Gasteiger partial charge is 0.496 e. The molecule has 0 spiro atoms. The van der Waals surface area contributed by atoms with Crippen LogP contribution in [0.25, 0.3) is 0 Å². The topological polar surface area (TPSA) is 148 Å². The molecule has 0 N–H and O–H groups in total. The van der Waals surface area contributed by atoms with Crippen molar-refractivity contribution in [2.75, 3.05) is 21.3 Å². The Morgan fingerprint density at radius 3 is 0.590 bits per heavy atom. The minimum absolute atomic E-state index is 0.168. The second-order valence-electron chi connectivity index (χ2n) is 39.0. The van der Waals surface area contributed by atoms with Gasteiger partial charge >= 0.3 is 0 Å². The molecule has 0 atom stereocenters. The highest BCUT2D eigenvalue weighted by molar-refractivity contribution is 5.62. The number of methoxy groups -OCH3 is 3. The van der Waals surface area contributed by atoms with E-state index in [0.717, 1.165) is 118 Å². The molecule has 3 aromatic heterocycles. The Morgan fingerprint density at radius 1 is 0.256 bits per heavy atom.